The standard InChI is InChI=1S/C12H17NO4/c1-8-4-5-10(16-8)11(14)13-6-9-7-15-12(2,3)17-9/h4-5,9H,6-7H2,1-3H3,(H,13,14). The van der Waals surface area contributed by atoms with Crippen molar-refractivity contribution in [1.29, 1.82) is 0 Å². The second-order valence-electron chi connectivity index (χ2n) is 4.57. The molecule has 0 radical (unpaired) electrons. The van der Waals surface area contributed by atoms with Crippen LogP contribution in [-0.2, 0) is 9.47 Å². The van der Waals surface area contributed by atoms with Crippen LogP contribution < -0.4 is 5.32 Å². The third kappa shape index (κ3) is 3.08. The maximum Gasteiger partial charge on any atom is 0.287 e. The van der Waals surface area contributed by atoms with Gasteiger partial charge in [0.1, 0.15) is 11.9 Å². The summed E-state index contributed by atoms with van der Waals surface area (Å²) in [6.45, 7) is 6.41. The molecule has 0 spiro atoms. The molecular formula is C12H17NO4. The van der Waals surface area contributed by atoms with Gasteiger partial charge in [0.05, 0.1) is 6.61 Å². The molecule has 1 amide bonds. The molecule has 94 valence electrons. The molecule has 1 aromatic heterocycles. The maximum atomic E-state index is 11.7. The SMILES string of the molecule is Cc1ccc(C(=O)NCC2COC(C)(C)O2)o1. The van der Waals surface area contributed by atoms with E-state index in [1.165, 1.54) is 0 Å². The van der Waals surface area contributed by atoms with Crippen LogP contribution in [0.4, 0.5) is 0 Å². The Morgan fingerprint density at radius 2 is 2.29 bits per heavy atom. The topological polar surface area (TPSA) is 60.7 Å². The van der Waals surface area contributed by atoms with E-state index in [0.29, 0.717) is 18.9 Å². The predicted molar refractivity (Wildman–Crippen MR) is 60.7 cm³/mol. The lowest BCUT2D eigenvalue weighted by atomic mass is 10.3. The summed E-state index contributed by atoms with van der Waals surface area (Å²) in [4.78, 5) is 11.7. The van der Waals surface area contributed by atoms with E-state index in [-0.39, 0.29) is 12.0 Å². The molecule has 5 heteroatoms. The van der Waals surface area contributed by atoms with Gasteiger partial charge in [0.15, 0.2) is 11.5 Å². The molecule has 0 aliphatic carbocycles. The highest BCUT2D eigenvalue weighted by Crippen LogP contribution is 2.21. The normalized spacial score (nSPS) is 22.6. The summed E-state index contributed by atoms with van der Waals surface area (Å²) in [5, 5.41) is 2.75. The monoisotopic (exact) mass is 239 g/mol. The van der Waals surface area contributed by atoms with Crippen molar-refractivity contribution in [2.75, 3.05) is 13.2 Å². The predicted octanol–water partition coefficient (Wildman–Crippen LogP) is 1.47. The second-order valence-corrected chi connectivity index (χ2v) is 4.57. The minimum absolute atomic E-state index is 0.106. The Kier molecular flexibility index (Phi) is 3.22. The molecule has 0 saturated carbocycles. The maximum absolute atomic E-state index is 11.7. The van der Waals surface area contributed by atoms with Crippen molar-refractivity contribution in [3.05, 3.63) is 23.7 Å². The number of carbonyl (C=O) groups is 1. The zero-order valence-corrected chi connectivity index (χ0v) is 10.3. The summed E-state index contributed by atoms with van der Waals surface area (Å²) in [6.07, 6.45) is -0.106. The van der Waals surface area contributed by atoms with Crippen molar-refractivity contribution in [1.82, 2.24) is 5.32 Å². The van der Waals surface area contributed by atoms with E-state index in [2.05, 4.69) is 5.32 Å². The number of nitrogens with one attached hydrogen (secondary N) is 1. The molecule has 1 aliphatic rings. The Hall–Kier alpha value is -1.33. The molecule has 1 N–H and O–H groups in total. The third-order valence-electron chi connectivity index (χ3n) is 2.52. The Morgan fingerprint density at radius 1 is 1.53 bits per heavy atom. The minimum Gasteiger partial charge on any atom is -0.456 e. The van der Waals surface area contributed by atoms with E-state index in [1.54, 1.807) is 19.1 Å². The summed E-state index contributed by atoms with van der Waals surface area (Å²) in [5.41, 5.74) is 0. The Morgan fingerprint density at radius 3 is 2.82 bits per heavy atom. The van der Waals surface area contributed by atoms with Gasteiger partial charge in [-0.05, 0) is 32.9 Å². The van der Waals surface area contributed by atoms with Gasteiger partial charge < -0.3 is 19.2 Å². The molecule has 1 saturated heterocycles. The van der Waals surface area contributed by atoms with E-state index in [9.17, 15) is 4.79 Å². The molecule has 1 unspecified atom stereocenters. The molecule has 1 aliphatic heterocycles. The molecule has 0 bridgehead atoms. The number of rotatable bonds is 3. The molecular weight excluding hydrogens is 222 g/mol. The van der Waals surface area contributed by atoms with E-state index < -0.39 is 5.79 Å². The first-order chi connectivity index (χ1) is 7.96. The number of carbonyl (C=O) groups excluding carboxylic acids is 1. The van der Waals surface area contributed by atoms with Crippen LogP contribution in [-0.4, -0.2) is 30.9 Å². The number of aryl methyl sites for hydroxylation is 1. The first-order valence-corrected chi connectivity index (χ1v) is 5.63. The number of furan rings is 1. The number of hydrogen-bond donors (Lipinski definition) is 1. The van der Waals surface area contributed by atoms with Crippen LogP contribution in [0, 0.1) is 6.92 Å². The summed E-state index contributed by atoms with van der Waals surface area (Å²) in [7, 11) is 0. The number of amides is 1. The lowest BCUT2D eigenvalue weighted by molar-refractivity contribution is -0.137. The van der Waals surface area contributed by atoms with Crippen LogP contribution in [0.25, 0.3) is 0 Å². The smallest absolute Gasteiger partial charge is 0.287 e. The molecule has 0 aromatic carbocycles. The van der Waals surface area contributed by atoms with E-state index in [0.717, 1.165) is 5.76 Å². The molecule has 5 nitrogen and oxygen atoms in total. The van der Waals surface area contributed by atoms with Gasteiger partial charge in [-0.3, -0.25) is 4.79 Å². The van der Waals surface area contributed by atoms with Crippen molar-refractivity contribution in [2.45, 2.75) is 32.7 Å². The fourth-order valence-corrected chi connectivity index (χ4v) is 1.71. The van der Waals surface area contributed by atoms with Gasteiger partial charge in [-0.2, -0.15) is 0 Å². The van der Waals surface area contributed by atoms with E-state index in [4.69, 9.17) is 13.9 Å². The van der Waals surface area contributed by atoms with Crippen molar-refractivity contribution >= 4 is 5.91 Å². The zero-order valence-electron chi connectivity index (χ0n) is 10.3. The highest BCUT2D eigenvalue weighted by Gasteiger charge is 2.32. The average molecular weight is 239 g/mol. The summed E-state index contributed by atoms with van der Waals surface area (Å²) >= 11 is 0. The van der Waals surface area contributed by atoms with Gasteiger partial charge in [0.25, 0.3) is 5.91 Å². The van der Waals surface area contributed by atoms with Crippen LogP contribution in [0.3, 0.4) is 0 Å². The van der Waals surface area contributed by atoms with Gasteiger partial charge in [0, 0.05) is 6.54 Å². The Bertz CT molecular complexity index is 410. The van der Waals surface area contributed by atoms with Crippen LogP contribution in [0.5, 0.6) is 0 Å². The van der Waals surface area contributed by atoms with Gasteiger partial charge >= 0.3 is 0 Å². The number of ether oxygens (including phenoxy) is 2. The summed E-state index contributed by atoms with van der Waals surface area (Å²) < 4.78 is 16.2. The number of hydrogen-bond acceptors (Lipinski definition) is 4. The average Bonchev–Trinajstić information content (AvgIpc) is 2.81. The highest BCUT2D eigenvalue weighted by molar-refractivity contribution is 5.91. The molecule has 1 atom stereocenters. The van der Waals surface area contributed by atoms with Crippen LogP contribution in [0.15, 0.2) is 16.5 Å². The first kappa shape index (κ1) is 12.1. The molecule has 2 heterocycles. The molecule has 17 heavy (non-hydrogen) atoms. The zero-order chi connectivity index (χ0) is 12.5. The molecule has 2 rings (SSSR count). The lowest BCUT2D eigenvalue weighted by Crippen LogP contribution is -2.34. The van der Waals surface area contributed by atoms with Crippen molar-refractivity contribution in [3.63, 3.8) is 0 Å². The lowest BCUT2D eigenvalue weighted by Gasteiger charge is -2.17. The fourth-order valence-electron chi connectivity index (χ4n) is 1.71. The fraction of sp³-hybridized carbons (Fsp3) is 0.583. The van der Waals surface area contributed by atoms with Gasteiger partial charge in [-0.25, -0.2) is 0 Å². The highest BCUT2D eigenvalue weighted by atomic mass is 16.7. The third-order valence-corrected chi connectivity index (χ3v) is 2.52. The van der Waals surface area contributed by atoms with Crippen molar-refractivity contribution < 1.29 is 18.7 Å². The van der Waals surface area contributed by atoms with Crippen molar-refractivity contribution in [2.24, 2.45) is 0 Å². The summed E-state index contributed by atoms with van der Waals surface area (Å²) in [5.74, 6) is 0.250. The Balaban J connectivity index is 1.81. The van der Waals surface area contributed by atoms with Crippen LogP contribution in [0.1, 0.15) is 30.2 Å². The Labute approximate surface area is 100 Å². The van der Waals surface area contributed by atoms with Crippen LogP contribution in [0.2, 0.25) is 0 Å². The molecule has 1 aromatic rings. The second kappa shape index (κ2) is 4.50. The quantitative estimate of drug-likeness (QED) is 0.867. The van der Waals surface area contributed by atoms with Gasteiger partial charge in [-0.1, -0.05) is 0 Å². The van der Waals surface area contributed by atoms with E-state index in [1.807, 2.05) is 13.8 Å². The first-order valence-electron chi connectivity index (χ1n) is 5.63. The summed E-state index contributed by atoms with van der Waals surface area (Å²) in [6, 6.07) is 3.41. The van der Waals surface area contributed by atoms with Gasteiger partial charge in [-0.15, -0.1) is 0 Å². The minimum atomic E-state index is -0.559. The molecule has 1 fully saturated rings. The van der Waals surface area contributed by atoms with Crippen molar-refractivity contribution in [3.8, 4) is 0 Å². The van der Waals surface area contributed by atoms with E-state index >= 15 is 0 Å². The largest absolute Gasteiger partial charge is 0.456 e. The van der Waals surface area contributed by atoms with Crippen LogP contribution >= 0.6 is 0 Å². The van der Waals surface area contributed by atoms with Gasteiger partial charge in [0.2, 0.25) is 0 Å².